The van der Waals surface area contributed by atoms with E-state index >= 15 is 0 Å². The standard InChI is InChI=1S/C18H15F3O5/c1-2-24-17(23)16(22)14-10-13(26-18(19,20)21)8-9-15(14)25-11-12-6-4-3-5-7-12/h3-10H,2,11H2,1H3. The van der Waals surface area contributed by atoms with Crippen molar-refractivity contribution in [1.82, 2.24) is 0 Å². The number of carbonyl (C=O) groups excluding carboxylic acids is 2. The predicted molar refractivity (Wildman–Crippen MR) is 84.9 cm³/mol. The second kappa shape index (κ2) is 8.37. The minimum Gasteiger partial charge on any atom is -0.488 e. The second-order valence-corrected chi connectivity index (χ2v) is 5.03. The van der Waals surface area contributed by atoms with Crippen LogP contribution in [-0.4, -0.2) is 24.7 Å². The van der Waals surface area contributed by atoms with Crippen molar-refractivity contribution in [3.63, 3.8) is 0 Å². The number of carbonyl (C=O) groups is 2. The van der Waals surface area contributed by atoms with Crippen molar-refractivity contribution in [3.8, 4) is 11.5 Å². The topological polar surface area (TPSA) is 61.8 Å². The van der Waals surface area contributed by atoms with Crippen LogP contribution in [0.4, 0.5) is 13.2 Å². The Kier molecular flexibility index (Phi) is 6.21. The van der Waals surface area contributed by atoms with E-state index in [0.717, 1.165) is 23.8 Å². The number of benzene rings is 2. The molecule has 26 heavy (non-hydrogen) atoms. The first-order valence-corrected chi connectivity index (χ1v) is 7.58. The van der Waals surface area contributed by atoms with E-state index < -0.39 is 23.9 Å². The zero-order chi connectivity index (χ0) is 19.2. The zero-order valence-electron chi connectivity index (χ0n) is 13.7. The van der Waals surface area contributed by atoms with Crippen molar-refractivity contribution in [2.24, 2.45) is 0 Å². The molecule has 8 heteroatoms. The molecule has 0 aliphatic carbocycles. The van der Waals surface area contributed by atoms with Crippen LogP contribution in [0.3, 0.4) is 0 Å². The molecule has 2 aromatic rings. The fourth-order valence-corrected chi connectivity index (χ4v) is 2.05. The second-order valence-electron chi connectivity index (χ2n) is 5.03. The first-order chi connectivity index (χ1) is 12.3. The highest BCUT2D eigenvalue weighted by Gasteiger charge is 2.32. The number of hydrogen-bond donors (Lipinski definition) is 0. The van der Waals surface area contributed by atoms with E-state index in [-0.39, 0.29) is 24.5 Å². The number of halogens is 3. The maximum absolute atomic E-state index is 12.4. The molecule has 0 bridgehead atoms. The van der Waals surface area contributed by atoms with E-state index in [9.17, 15) is 22.8 Å². The summed E-state index contributed by atoms with van der Waals surface area (Å²) in [5.74, 6) is -3.01. The lowest BCUT2D eigenvalue weighted by Gasteiger charge is -2.14. The van der Waals surface area contributed by atoms with Gasteiger partial charge in [0, 0.05) is 0 Å². The molecule has 0 aromatic heterocycles. The third kappa shape index (κ3) is 5.51. The van der Waals surface area contributed by atoms with Gasteiger partial charge in [-0.3, -0.25) is 4.79 Å². The van der Waals surface area contributed by atoms with Gasteiger partial charge in [-0.2, -0.15) is 0 Å². The van der Waals surface area contributed by atoms with Crippen LogP contribution < -0.4 is 9.47 Å². The summed E-state index contributed by atoms with van der Waals surface area (Å²) in [7, 11) is 0. The third-order valence-electron chi connectivity index (χ3n) is 3.13. The summed E-state index contributed by atoms with van der Waals surface area (Å²) < 4.78 is 51.1. The average Bonchev–Trinajstić information content (AvgIpc) is 2.59. The molecule has 5 nitrogen and oxygen atoms in total. The molecule has 138 valence electrons. The monoisotopic (exact) mass is 368 g/mol. The quantitative estimate of drug-likeness (QED) is 0.421. The molecule has 0 saturated carbocycles. The molecule has 2 aromatic carbocycles. The van der Waals surface area contributed by atoms with Gasteiger partial charge in [0.05, 0.1) is 12.2 Å². The number of alkyl halides is 3. The summed E-state index contributed by atoms with van der Waals surface area (Å²) in [4.78, 5) is 23.9. The molecular weight excluding hydrogens is 353 g/mol. The summed E-state index contributed by atoms with van der Waals surface area (Å²) in [6, 6.07) is 11.8. The van der Waals surface area contributed by atoms with Crippen molar-refractivity contribution < 1.29 is 37.0 Å². The van der Waals surface area contributed by atoms with Crippen molar-refractivity contribution in [2.45, 2.75) is 19.9 Å². The van der Waals surface area contributed by atoms with E-state index in [2.05, 4.69) is 9.47 Å². The predicted octanol–water partition coefficient (Wildman–Crippen LogP) is 3.91. The summed E-state index contributed by atoms with van der Waals surface area (Å²) in [5.41, 5.74) is 0.402. The van der Waals surface area contributed by atoms with Crippen LogP contribution in [0.5, 0.6) is 11.5 Å². The Bertz CT molecular complexity index is 772. The minimum absolute atomic E-state index is 0.0521. The molecule has 0 radical (unpaired) electrons. The fourth-order valence-electron chi connectivity index (χ4n) is 2.05. The Hall–Kier alpha value is -3.03. The number of hydrogen-bond acceptors (Lipinski definition) is 5. The van der Waals surface area contributed by atoms with Crippen LogP contribution in [0.2, 0.25) is 0 Å². The number of esters is 1. The van der Waals surface area contributed by atoms with Crippen LogP contribution in [0.15, 0.2) is 48.5 Å². The molecule has 0 fully saturated rings. The van der Waals surface area contributed by atoms with Crippen LogP contribution in [0.25, 0.3) is 0 Å². The maximum atomic E-state index is 12.4. The van der Waals surface area contributed by atoms with Gasteiger partial charge < -0.3 is 14.2 Å². The molecule has 0 heterocycles. The van der Waals surface area contributed by atoms with E-state index in [1.807, 2.05) is 6.07 Å². The van der Waals surface area contributed by atoms with Crippen LogP contribution in [-0.2, 0) is 16.1 Å². The Balaban J connectivity index is 2.29. The van der Waals surface area contributed by atoms with Crippen molar-refractivity contribution >= 4 is 11.8 Å². The fraction of sp³-hybridized carbons (Fsp3) is 0.222. The third-order valence-corrected chi connectivity index (χ3v) is 3.13. The Labute approximate surface area is 147 Å². The van der Waals surface area contributed by atoms with Gasteiger partial charge in [-0.15, -0.1) is 13.2 Å². The zero-order valence-corrected chi connectivity index (χ0v) is 13.7. The van der Waals surface area contributed by atoms with Gasteiger partial charge in [-0.1, -0.05) is 30.3 Å². The molecule has 0 atom stereocenters. The van der Waals surface area contributed by atoms with Gasteiger partial charge in [0.2, 0.25) is 0 Å². The number of rotatable bonds is 7. The Morgan fingerprint density at radius 3 is 2.35 bits per heavy atom. The number of ketones is 1. The molecule has 0 aliphatic rings. The maximum Gasteiger partial charge on any atom is 0.573 e. The Morgan fingerprint density at radius 2 is 1.73 bits per heavy atom. The Morgan fingerprint density at radius 1 is 1.04 bits per heavy atom. The molecule has 0 unspecified atom stereocenters. The van der Waals surface area contributed by atoms with E-state index in [4.69, 9.17) is 4.74 Å². The smallest absolute Gasteiger partial charge is 0.488 e. The van der Waals surface area contributed by atoms with Gasteiger partial charge in [0.1, 0.15) is 18.1 Å². The molecule has 2 rings (SSSR count). The summed E-state index contributed by atoms with van der Waals surface area (Å²) in [5, 5.41) is 0. The number of Topliss-reactive ketones (excluding diaryl/α,β-unsaturated/α-hetero) is 1. The summed E-state index contributed by atoms with van der Waals surface area (Å²) in [6.07, 6.45) is -4.93. The van der Waals surface area contributed by atoms with Gasteiger partial charge in [0.15, 0.2) is 0 Å². The summed E-state index contributed by atoms with van der Waals surface area (Å²) in [6.45, 7) is 1.51. The van der Waals surface area contributed by atoms with Crippen LogP contribution >= 0.6 is 0 Å². The summed E-state index contributed by atoms with van der Waals surface area (Å²) >= 11 is 0. The van der Waals surface area contributed by atoms with Crippen molar-refractivity contribution in [3.05, 3.63) is 59.7 Å². The molecule has 0 aliphatic heterocycles. The van der Waals surface area contributed by atoms with E-state index in [0.29, 0.717) is 0 Å². The molecule has 0 saturated heterocycles. The van der Waals surface area contributed by atoms with Gasteiger partial charge in [0.25, 0.3) is 5.78 Å². The van der Waals surface area contributed by atoms with E-state index in [1.54, 1.807) is 24.3 Å². The highest BCUT2D eigenvalue weighted by Crippen LogP contribution is 2.29. The SMILES string of the molecule is CCOC(=O)C(=O)c1cc(OC(F)(F)F)ccc1OCc1ccccc1. The van der Waals surface area contributed by atoms with Crippen LogP contribution in [0.1, 0.15) is 22.8 Å². The van der Waals surface area contributed by atoms with Crippen molar-refractivity contribution in [2.75, 3.05) is 6.61 Å². The largest absolute Gasteiger partial charge is 0.573 e. The minimum atomic E-state index is -4.93. The lowest BCUT2D eigenvalue weighted by atomic mass is 10.1. The molecular formula is C18H15F3O5. The van der Waals surface area contributed by atoms with Crippen LogP contribution in [0, 0.1) is 0 Å². The molecule has 0 amide bonds. The first kappa shape index (κ1) is 19.3. The number of ether oxygens (including phenoxy) is 3. The van der Waals surface area contributed by atoms with Gasteiger partial charge in [-0.25, -0.2) is 4.79 Å². The first-order valence-electron chi connectivity index (χ1n) is 7.58. The average molecular weight is 368 g/mol. The van der Waals surface area contributed by atoms with Crippen molar-refractivity contribution in [1.29, 1.82) is 0 Å². The lowest BCUT2D eigenvalue weighted by molar-refractivity contribution is -0.274. The van der Waals surface area contributed by atoms with Gasteiger partial charge >= 0.3 is 12.3 Å². The highest BCUT2D eigenvalue weighted by molar-refractivity contribution is 6.41. The molecule has 0 N–H and O–H groups in total. The van der Waals surface area contributed by atoms with Gasteiger partial charge in [-0.05, 0) is 30.7 Å². The molecule has 0 spiro atoms. The lowest BCUT2D eigenvalue weighted by Crippen LogP contribution is -2.20. The normalized spacial score (nSPS) is 10.9. The highest BCUT2D eigenvalue weighted by atomic mass is 19.4. The van der Waals surface area contributed by atoms with E-state index in [1.165, 1.54) is 6.92 Å².